The van der Waals surface area contributed by atoms with Gasteiger partial charge in [-0.25, -0.2) is 45.0 Å². The van der Waals surface area contributed by atoms with Crippen molar-refractivity contribution in [1.29, 1.82) is 16.2 Å². The fourth-order valence-corrected chi connectivity index (χ4v) is 0.403. The van der Waals surface area contributed by atoms with E-state index in [1.807, 2.05) is 0 Å². The molecule has 0 aliphatic heterocycles. The Morgan fingerprint density at radius 3 is 0.833 bits per heavy atom. The number of rotatable bonds is 0. The van der Waals surface area contributed by atoms with Crippen molar-refractivity contribution in [1.82, 2.24) is 15.0 Å². The SMILES string of the molecule is N=C=O.N=C=O.N=C=O.O=c1[nH]c(=O)[nH]c(=O)[nH]1. The summed E-state index contributed by atoms with van der Waals surface area (Å²) in [5.74, 6) is 0. The third-order valence-corrected chi connectivity index (χ3v) is 0.681. The van der Waals surface area contributed by atoms with Crippen molar-refractivity contribution in [3.05, 3.63) is 31.5 Å². The molecule has 0 amide bonds. The van der Waals surface area contributed by atoms with E-state index in [0.29, 0.717) is 0 Å². The molecule has 96 valence electrons. The summed E-state index contributed by atoms with van der Waals surface area (Å²) in [6.07, 6.45) is 2.25. The summed E-state index contributed by atoms with van der Waals surface area (Å²) in [5, 5.41) is 16.2. The second-order valence-corrected chi connectivity index (χ2v) is 1.67. The Balaban J connectivity index is -0.000000210. The quantitative estimate of drug-likeness (QED) is 0.217. The summed E-state index contributed by atoms with van der Waals surface area (Å²) in [7, 11) is 0. The van der Waals surface area contributed by atoms with Crippen molar-refractivity contribution in [2.45, 2.75) is 0 Å². The average Bonchev–Trinajstić information content (AvgIpc) is 2.18. The number of hydrogen-bond acceptors (Lipinski definition) is 9. The van der Waals surface area contributed by atoms with Gasteiger partial charge in [0.25, 0.3) is 0 Å². The molecule has 0 fully saturated rings. The van der Waals surface area contributed by atoms with Gasteiger partial charge in [0.15, 0.2) is 0 Å². The second-order valence-electron chi connectivity index (χ2n) is 1.67. The van der Waals surface area contributed by atoms with E-state index in [2.05, 4.69) is 0 Å². The van der Waals surface area contributed by atoms with Crippen molar-refractivity contribution in [2.24, 2.45) is 0 Å². The zero-order valence-corrected chi connectivity index (χ0v) is 8.45. The maximum Gasteiger partial charge on any atom is 0.330 e. The highest BCUT2D eigenvalue weighted by Crippen LogP contribution is 1.29. The van der Waals surface area contributed by atoms with Gasteiger partial charge in [-0.05, 0) is 0 Å². The van der Waals surface area contributed by atoms with Gasteiger partial charge in [-0.2, -0.15) is 0 Å². The van der Waals surface area contributed by atoms with Crippen LogP contribution in [-0.2, 0) is 14.4 Å². The molecule has 12 nitrogen and oxygen atoms in total. The first-order chi connectivity index (χ1) is 8.42. The van der Waals surface area contributed by atoms with Crippen LogP contribution in [0.4, 0.5) is 0 Å². The lowest BCUT2D eigenvalue weighted by Gasteiger charge is -1.77. The van der Waals surface area contributed by atoms with E-state index in [1.165, 1.54) is 0 Å². The van der Waals surface area contributed by atoms with Gasteiger partial charge < -0.3 is 0 Å². The monoisotopic (exact) mass is 258 g/mol. The summed E-state index contributed by atoms with van der Waals surface area (Å²) < 4.78 is 0. The predicted molar refractivity (Wildman–Crippen MR) is 53.5 cm³/mol. The minimum Gasteiger partial charge on any atom is -0.259 e. The molecular formula is C6H6N6O6. The van der Waals surface area contributed by atoms with Crippen LogP contribution in [0.1, 0.15) is 0 Å². The van der Waals surface area contributed by atoms with E-state index in [4.69, 9.17) is 30.6 Å². The number of hydrogen-bond donors (Lipinski definition) is 6. The fourth-order valence-electron chi connectivity index (χ4n) is 0.403. The van der Waals surface area contributed by atoms with Gasteiger partial charge in [-0.15, -0.1) is 0 Å². The molecule has 1 rings (SSSR count). The lowest BCUT2D eigenvalue weighted by molar-refractivity contribution is 0.562. The van der Waals surface area contributed by atoms with Crippen molar-refractivity contribution in [3.63, 3.8) is 0 Å². The molecule has 0 radical (unpaired) electrons. The lowest BCUT2D eigenvalue weighted by Crippen LogP contribution is -2.34. The van der Waals surface area contributed by atoms with Crippen molar-refractivity contribution in [2.75, 3.05) is 0 Å². The van der Waals surface area contributed by atoms with Crippen LogP contribution in [0, 0.1) is 16.2 Å². The molecular weight excluding hydrogens is 252 g/mol. The van der Waals surface area contributed by atoms with Crippen LogP contribution in [0.15, 0.2) is 14.4 Å². The molecule has 0 saturated carbocycles. The van der Waals surface area contributed by atoms with E-state index < -0.39 is 17.1 Å². The van der Waals surface area contributed by atoms with Gasteiger partial charge >= 0.3 is 17.1 Å². The molecule has 12 heteroatoms. The van der Waals surface area contributed by atoms with E-state index in [-0.39, 0.29) is 0 Å². The van der Waals surface area contributed by atoms with E-state index >= 15 is 0 Å². The lowest BCUT2D eigenvalue weighted by atomic mass is 11.0. The van der Waals surface area contributed by atoms with Crippen molar-refractivity contribution in [3.8, 4) is 0 Å². The molecule has 0 aliphatic rings. The molecule has 1 aromatic rings. The van der Waals surface area contributed by atoms with Crippen LogP contribution in [-0.4, -0.2) is 33.2 Å². The fraction of sp³-hybridized carbons (Fsp3) is 0. The zero-order valence-electron chi connectivity index (χ0n) is 8.45. The molecule has 0 saturated heterocycles. The van der Waals surface area contributed by atoms with E-state index in [9.17, 15) is 14.4 Å². The maximum atomic E-state index is 10.2. The van der Waals surface area contributed by atoms with E-state index in [0.717, 1.165) is 18.2 Å². The van der Waals surface area contributed by atoms with Gasteiger partial charge in [0, 0.05) is 0 Å². The predicted octanol–water partition coefficient (Wildman–Crippen LogP) is -2.55. The number of nitrogens with one attached hydrogen (secondary N) is 6. The Bertz CT molecular complexity index is 483. The normalized spacial score (nSPS) is 6.00. The summed E-state index contributed by atoms with van der Waals surface area (Å²) in [6, 6.07) is 0. The molecule has 1 heterocycles. The first kappa shape index (κ1) is 20.0. The second kappa shape index (κ2) is 16.0. The van der Waals surface area contributed by atoms with Crippen LogP contribution in [0.2, 0.25) is 0 Å². The maximum absolute atomic E-state index is 10.2. The van der Waals surface area contributed by atoms with Gasteiger partial charge in [0.05, 0.1) is 0 Å². The third kappa shape index (κ3) is 22.9. The van der Waals surface area contributed by atoms with Crippen LogP contribution in [0.5, 0.6) is 0 Å². The molecule has 0 unspecified atom stereocenters. The Kier molecular flexibility index (Phi) is 17.8. The van der Waals surface area contributed by atoms with Crippen LogP contribution < -0.4 is 17.1 Å². The van der Waals surface area contributed by atoms with Gasteiger partial charge in [-0.3, -0.25) is 15.0 Å². The summed E-state index contributed by atoms with van der Waals surface area (Å²) in [6.45, 7) is 0. The minimum absolute atomic E-state index is 0.750. The first-order valence-electron chi connectivity index (χ1n) is 3.47. The first-order valence-corrected chi connectivity index (χ1v) is 3.47. The topological polar surface area (TPSA) is 221 Å². The number of aromatic amines is 3. The van der Waals surface area contributed by atoms with Crippen LogP contribution >= 0.6 is 0 Å². The number of isocyanates is 3. The minimum atomic E-state index is -0.802. The molecule has 18 heavy (non-hydrogen) atoms. The van der Waals surface area contributed by atoms with Crippen LogP contribution in [0.25, 0.3) is 0 Å². The molecule has 6 N–H and O–H groups in total. The average molecular weight is 258 g/mol. The molecule has 1 aromatic heterocycles. The highest BCUT2D eigenvalue weighted by molar-refractivity contribution is 5.26. The van der Waals surface area contributed by atoms with E-state index in [1.54, 1.807) is 15.0 Å². The van der Waals surface area contributed by atoms with Crippen molar-refractivity contribution >= 4 is 18.2 Å². The largest absolute Gasteiger partial charge is 0.330 e. The highest BCUT2D eigenvalue weighted by Gasteiger charge is 1.84. The molecule has 0 bridgehead atoms. The molecule has 0 aromatic carbocycles. The smallest absolute Gasteiger partial charge is 0.259 e. The summed E-state index contributed by atoms with van der Waals surface area (Å²) >= 11 is 0. The standard InChI is InChI=1S/C3H3N3O3.3CHNO/c7-1-4-2(8)6-3(9)5-1;3*2-1-3/h(H3,4,5,6,7,8,9);3*2H. The van der Waals surface area contributed by atoms with Gasteiger partial charge in [-0.1, -0.05) is 0 Å². The summed E-state index contributed by atoms with van der Waals surface area (Å²) in [4.78, 5) is 60.9. The Morgan fingerprint density at radius 1 is 0.611 bits per heavy atom. The van der Waals surface area contributed by atoms with Crippen LogP contribution in [0.3, 0.4) is 0 Å². The Morgan fingerprint density at radius 2 is 0.722 bits per heavy atom. The number of aromatic nitrogens is 3. The Labute approximate surface area is 96.2 Å². The summed E-state index contributed by atoms with van der Waals surface area (Å²) in [5.41, 5.74) is -2.41. The zero-order chi connectivity index (χ0) is 15.0. The highest BCUT2D eigenvalue weighted by atomic mass is 16.2. The molecule has 0 atom stereocenters. The van der Waals surface area contributed by atoms with Gasteiger partial charge in [0.1, 0.15) is 0 Å². The van der Waals surface area contributed by atoms with Gasteiger partial charge in [0.2, 0.25) is 18.2 Å². The number of carbonyl (C=O) groups excluding carboxylic acids is 3. The Hall–Kier alpha value is -3.45. The molecule has 0 spiro atoms. The third-order valence-electron chi connectivity index (χ3n) is 0.681. The molecule has 0 aliphatic carbocycles. The van der Waals surface area contributed by atoms with Crippen molar-refractivity contribution < 1.29 is 14.4 Å². The number of H-pyrrole nitrogens is 3.